The van der Waals surface area contributed by atoms with Gasteiger partial charge >= 0.3 is 19.5 Å². The normalized spacial score (nSPS) is 10.6. The SMILES string of the molecule is CCCC[B-](c1ccccc1)(c1ccccc1)c1ccccc1.CCCC[B-](c1ccccc1)(c1ccccc1)c1ccccc1.CCCC[B-](c1ccccc1)(c1ccccc1)c1ccccc1.NCCN.NCCN.NCCN.[Ru+3]. The summed E-state index contributed by atoms with van der Waals surface area (Å²) in [6, 6.07) is 99.5. The summed E-state index contributed by atoms with van der Waals surface area (Å²) in [7, 11) is 0. The van der Waals surface area contributed by atoms with Gasteiger partial charge in [-0.3, -0.25) is 0 Å². The second kappa shape index (κ2) is 41.5. The molecule has 0 aliphatic carbocycles. The summed E-state index contributed by atoms with van der Waals surface area (Å²) in [6.07, 6.45) is 8.19. The van der Waals surface area contributed by atoms with E-state index in [4.69, 9.17) is 34.4 Å². The zero-order valence-corrected chi connectivity index (χ0v) is 51.4. The van der Waals surface area contributed by atoms with Crippen LogP contribution in [0.15, 0.2) is 273 Å². The van der Waals surface area contributed by atoms with Crippen LogP contribution in [0.25, 0.3) is 0 Å². The summed E-state index contributed by atoms with van der Waals surface area (Å²) in [5.74, 6) is 0. The topological polar surface area (TPSA) is 156 Å². The van der Waals surface area contributed by atoms with Crippen LogP contribution in [0.4, 0.5) is 0 Å². The molecule has 0 spiro atoms. The molecule has 0 aromatic heterocycles. The average molecular weight is 1180 g/mol. The average Bonchev–Trinajstić information content (AvgIpc) is 3.72. The molecule has 0 saturated carbocycles. The Hall–Kier alpha value is -6.44. The van der Waals surface area contributed by atoms with Gasteiger partial charge in [-0.05, 0) is 0 Å². The number of hydrogen-bond donors (Lipinski definition) is 6. The summed E-state index contributed by atoms with van der Waals surface area (Å²) < 4.78 is 0. The minimum absolute atomic E-state index is 0. The molecular formula is C72H96B3N6Ru. The van der Waals surface area contributed by atoms with Crippen LogP contribution in [0.5, 0.6) is 0 Å². The summed E-state index contributed by atoms with van der Waals surface area (Å²) in [5, 5.41) is 0. The molecule has 431 valence electrons. The monoisotopic (exact) mass is 1180 g/mol. The second-order valence-electron chi connectivity index (χ2n) is 21.0. The number of rotatable bonds is 21. The Kier molecular flexibility index (Phi) is 35.4. The molecule has 10 heteroatoms. The van der Waals surface area contributed by atoms with Crippen LogP contribution in [-0.4, -0.2) is 57.7 Å². The fourth-order valence-corrected chi connectivity index (χ4v) is 11.8. The van der Waals surface area contributed by atoms with Crippen molar-refractivity contribution in [3.8, 4) is 0 Å². The molecule has 0 aliphatic rings. The molecular weight excluding hydrogens is 1080 g/mol. The summed E-state index contributed by atoms with van der Waals surface area (Å²) in [5.41, 5.74) is 42.4. The summed E-state index contributed by atoms with van der Waals surface area (Å²) in [4.78, 5) is 0. The van der Waals surface area contributed by atoms with Gasteiger partial charge in [0, 0.05) is 39.3 Å². The van der Waals surface area contributed by atoms with Crippen molar-refractivity contribution in [1.82, 2.24) is 0 Å². The van der Waals surface area contributed by atoms with Crippen molar-refractivity contribution in [2.24, 2.45) is 34.4 Å². The fraction of sp³-hybridized carbons (Fsp3) is 0.250. The maximum atomic E-state index is 4.90. The molecule has 82 heavy (non-hydrogen) atoms. The Morgan fingerprint density at radius 2 is 0.317 bits per heavy atom. The minimum Gasteiger partial charge on any atom is -0.329 e. The second-order valence-corrected chi connectivity index (χ2v) is 21.0. The molecule has 9 rings (SSSR count). The molecule has 12 N–H and O–H groups in total. The van der Waals surface area contributed by atoms with Gasteiger partial charge < -0.3 is 34.4 Å². The number of hydrogen-bond acceptors (Lipinski definition) is 6. The molecule has 0 bridgehead atoms. The first-order chi connectivity index (χ1) is 39.9. The van der Waals surface area contributed by atoms with E-state index >= 15 is 0 Å². The van der Waals surface area contributed by atoms with Crippen LogP contribution in [0, 0.1) is 0 Å². The molecule has 0 atom stereocenters. The van der Waals surface area contributed by atoms with E-state index in [1.807, 2.05) is 0 Å². The van der Waals surface area contributed by atoms with Gasteiger partial charge in [0.2, 0.25) is 0 Å². The van der Waals surface area contributed by atoms with Gasteiger partial charge in [0.15, 0.2) is 0 Å². The van der Waals surface area contributed by atoms with E-state index in [-0.39, 0.29) is 19.5 Å². The zero-order valence-electron chi connectivity index (χ0n) is 49.6. The van der Waals surface area contributed by atoms with Gasteiger partial charge in [0.1, 0.15) is 0 Å². The molecule has 1 radical (unpaired) electrons. The quantitative estimate of drug-likeness (QED) is 0.0396. The van der Waals surface area contributed by atoms with Crippen molar-refractivity contribution in [3.05, 3.63) is 273 Å². The first kappa shape index (κ1) is 69.8. The molecule has 0 aliphatic heterocycles. The largest absolute Gasteiger partial charge is 3.00 e. The minimum atomic E-state index is -0.913. The van der Waals surface area contributed by atoms with Crippen molar-refractivity contribution < 1.29 is 19.5 Å². The standard InChI is InChI=1S/3C22H24B.3C2H8N2.Ru/c3*1-2-3-19-23(20-13-7-4-8-14-20,21-15-9-5-10-16-21)22-17-11-6-12-18-22;3*3-1-2-4;/h3*4-18H,2-3,19H2,1H3;3*1-4H2;/q3*-1;;;;+3. The molecule has 0 saturated heterocycles. The van der Waals surface area contributed by atoms with Gasteiger partial charge in [0.05, 0.1) is 18.4 Å². The van der Waals surface area contributed by atoms with Crippen LogP contribution in [0.2, 0.25) is 19.0 Å². The summed E-state index contributed by atoms with van der Waals surface area (Å²) in [6.45, 7) is 10.4. The molecule has 9 aromatic carbocycles. The third-order valence-electron chi connectivity index (χ3n) is 15.8. The third-order valence-corrected chi connectivity index (χ3v) is 15.8. The molecule has 6 nitrogen and oxygen atoms in total. The van der Waals surface area contributed by atoms with Gasteiger partial charge in [-0.25, -0.2) is 0 Å². The van der Waals surface area contributed by atoms with Crippen LogP contribution in [0.1, 0.15) is 59.3 Å². The van der Waals surface area contributed by atoms with Gasteiger partial charge in [-0.1, -0.05) is 332 Å². The van der Waals surface area contributed by atoms with E-state index in [1.54, 1.807) is 0 Å². The van der Waals surface area contributed by atoms with Crippen molar-refractivity contribution in [3.63, 3.8) is 0 Å². The van der Waals surface area contributed by atoms with Gasteiger partial charge in [-0.2, -0.15) is 68.1 Å². The Bertz CT molecular complexity index is 2270. The first-order valence-electron chi connectivity index (χ1n) is 30.1. The molecule has 0 unspecified atom stereocenters. The molecule has 9 aromatic rings. The Labute approximate surface area is 508 Å². The maximum Gasteiger partial charge on any atom is 3.00 e. The Morgan fingerprint density at radius 1 is 0.207 bits per heavy atom. The van der Waals surface area contributed by atoms with Crippen LogP contribution >= 0.6 is 0 Å². The zero-order chi connectivity index (χ0) is 58.1. The van der Waals surface area contributed by atoms with E-state index in [9.17, 15) is 0 Å². The van der Waals surface area contributed by atoms with Crippen molar-refractivity contribution in [2.75, 3.05) is 39.3 Å². The van der Waals surface area contributed by atoms with E-state index in [2.05, 4.69) is 294 Å². The van der Waals surface area contributed by atoms with E-state index < -0.39 is 18.4 Å². The predicted molar refractivity (Wildman–Crippen MR) is 365 cm³/mol. The first-order valence-corrected chi connectivity index (χ1v) is 30.1. The van der Waals surface area contributed by atoms with Crippen LogP contribution < -0.4 is 83.6 Å². The predicted octanol–water partition coefficient (Wildman–Crippen LogP) is 8.58. The number of nitrogens with two attached hydrogens (primary N) is 6. The third kappa shape index (κ3) is 20.5. The van der Waals surface area contributed by atoms with Gasteiger partial charge in [0.25, 0.3) is 0 Å². The van der Waals surface area contributed by atoms with Crippen molar-refractivity contribution in [1.29, 1.82) is 0 Å². The van der Waals surface area contributed by atoms with Crippen LogP contribution in [0.3, 0.4) is 0 Å². The van der Waals surface area contributed by atoms with Crippen molar-refractivity contribution in [2.45, 2.75) is 78.3 Å². The van der Waals surface area contributed by atoms with Crippen LogP contribution in [-0.2, 0) is 19.5 Å². The molecule has 0 amide bonds. The molecule has 0 heterocycles. The van der Waals surface area contributed by atoms with E-state index in [1.165, 1.54) is 107 Å². The van der Waals surface area contributed by atoms with E-state index in [0.29, 0.717) is 39.3 Å². The maximum absolute atomic E-state index is 4.90. The number of unbranched alkanes of at least 4 members (excludes halogenated alkanes) is 3. The fourth-order valence-electron chi connectivity index (χ4n) is 11.8. The van der Waals surface area contributed by atoms with E-state index in [0.717, 1.165) is 0 Å². The Morgan fingerprint density at radius 3 is 0.402 bits per heavy atom. The summed E-state index contributed by atoms with van der Waals surface area (Å²) >= 11 is 0. The smallest absolute Gasteiger partial charge is 0.329 e. The Balaban J connectivity index is 0.000000291. The van der Waals surface area contributed by atoms with Crippen molar-refractivity contribution >= 4 is 67.6 Å². The van der Waals surface area contributed by atoms with Gasteiger partial charge in [-0.15, -0.1) is 0 Å². The molecule has 0 fully saturated rings. The number of benzene rings is 9.